The van der Waals surface area contributed by atoms with Crippen molar-refractivity contribution in [1.82, 2.24) is 5.43 Å². The molecule has 1 aliphatic heterocycles. The Morgan fingerprint density at radius 2 is 2.14 bits per heavy atom. The third kappa shape index (κ3) is 4.91. The van der Waals surface area contributed by atoms with Crippen LogP contribution in [0.25, 0.3) is 0 Å². The van der Waals surface area contributed by atoms with E-state index in [-0.39, 0.29) is 15.7 Å². The summed E-state index contributed by atoms with van der Waals surface area (Å²) in [5, 5.41) is 13.8. The molecule has 1 aromatic carbocycles. The summed E-state index contributed by atoms with van der Waals surface area (Å²) in [7, 11) is 0. The number of nitrogens with one attached hydrogen (secondary N) is 1. The minimum Gasteiger partial charge on any atom is -0.506 e. The largest absolute Gasteiger partial charge is 0.506 e. The third-order valence-electron chi connectivity index (χ3n) is 2.83. The zero-order chi connectivity index (χ0) is 15.5. The first-order valence-electron chi connectivity index (χ1n) is 6.17. The maximum absolute atomic E-state index is 11.9. The Labute approximate surface area is 148 Å². The van der Waals surface area contributed by atoms with Crippen LogP contribution in [-0.2, 0) is 4.79 Å². The van der Waals surface area contributed by atoms with Gasteiger partial charge in [0.05, 0.1) is 21.2 Å². The summed E-state index contributed by atoms with van der Waals surface area (Å²) in [6.45, 7) is 2.08. The van der Waals surface area contributed by atoms with Crippen molar-refractivity contribution in [3.8, 4) is 5.75 Å². The van der Waals surface area contributed by atoms with Crippen molar-refractivity contribution in [2.24, 2.45) is 5.10 Å². The van der Waals surface area contributed by atoms with Crippen molar-refractivity contribution in [2.45, 2.75) is 17.4 Å². The number of hydrazone groups is 1. The summed E-state index contributed by atoms with van der Waals surface area (Å²) in [5.41, 5.74) is 3.03. The van der Waals surface area contributed by atoms with Crippen LogP contribution in [0.1, 0.15) is 18.9 Å². The van der Waals surface area contributed by atoms with E-state index in [1.54, 1.807) is 12.1 Å². The van der Waals surface area contributed by atoms with Crippen LogP contribution in [0.5, 0.6) is 5.75 Å². The molecule has 2 N–H and O–H groups in total. The Hall–Kier alpha value is -0.180. The maximum atomic E-state index is 11.9. The molecule has 0 radical (unpaired) electrons. The van der Waals surface area contributed by atoms with Gasteiger partial charge in [-0.05, 0) is 35.0 Å². The number of phenols is 1. The van der Waals surface area contributed by atoms with Crippen LogP contribution in [0.3, 0.4) is 0 Å². The Morgan fingerprint density at radius 3 is 2.81 bits per heavy atom. The number of benzene rings is 1. The molecule has 0 saturated carbocycles. The highest BCUT2D eigenvalue weighted by atomic mass is 79.9. The number of amides is 1. The summed E-state index contributed by atoms with van der Waals surface area (Å²) < 4.78 is 1.32. The normalized spacial score (nSPS) is 17.3. The van der Waals surface area contributed by atoms with Crippen molar-refractivity contribution in [3.63, 3.8) is 0 Å². The second-order valence-electron chi connectivity index (χ2n) is 4.63. The SMILES string of the molecule is CC1(CC(=O)NN=Cc2cc(Br)cc(Br)c2O)SCCS1. The minimum atomic E-state index is -0.121. The molecule has 8 heteroatoms. The van der Waals surface area contributed by atoms with Gasteiger partial charge in [-0.2, -0.15) is 5.10 Å². The number of rotatable bonds is 4. The van der Waals surface area contributed by atoms with Crippen molar-refractivity contribution < 1.29 is 9.90 Å². The lowest BCUT2D eigenvalue weighted by atomic mass is 10.2. The summed E-state index contributed by atoms with van der Waals surface area (Å²) in [6, 6.07) is 3.46. The van der Waals surface area contributed by atoms with Gasteiger partial charge in [0.25, 0.3) is 0 Å². The second kappa shape index (κ2) is 7.39. The van der Waals surface area contributed by atoms with E-state index < -0.39 is 0 Å². The zero-order valence-electron chi connectivity index (χ0n) is 11.2. The Morgan fingerprint density at radius 1 is 1.48 bits per heavy atom. The number of hydrogen-bond acceptors (Lipinski definition) is 5. The highest BCUT2D eigenvalue weighted by Gasteiger charge is 2.32. The molecule has 114 valence electrons. The molecule has 0 spiro atoms. The van der Waals surface area contributed by atoms with Crippen molar-refractivity contribution in [3.05, 3.63) is 26.6 Å². The van der Waals surface area contributed by atoms with Crippen LogP contribution in [0.15, 0.2) is 26.2 Å². The van der Waals surface area contributed by atoms with E-state index in [1.807, 2.05) is 23.5 Å². The summed E-state index contributed by atoms with van der Waals surface area (Å²) in [6.07, 6.45) is 1.86. The van der Waals surface area contributed by atoms with Gasteiger partial charge in [0.1, 0.15) is 5.75 Å². The van der Waals surface area contributed by atoms with Crippen LogP contribution in [-0.4, -0.2) is 32.8 Å². The molecular weight excluding hydrogens is 440 g/mol. The highest BCUT2D eigenvalue weighted by Crippen LogP contribution is 2.45. The summed E-state index contributed by atoms with van der Waals surface area (Å²) in [4.78, 5) is 11.9. The molecule has 21 heavy (non-hydrogen) atoms. The van der Waals surface area contributed by atoms with Crippen LogP contribution in [0, 0.1) is 0 Å². The summed E-state index contributed by atoms with van der Waals surface area (Å²) in [5.74, 6) is 2.13. The van der Waals surface area contributed by atoms with Crippen LogP contribution in [0.2, 0.25) is 0 Å². The van der Waals surface area contributed by atoms with E-state index >= 15 is 0 Å². The number of thioether (sulfide) groups is 2. The molecule has 1 aromatic rings. The molecule has 0 bridgehead atoms. The Balaban J connectivity index is 1.95. The van der Waals surface area contributed by atoms with Gasteiger partial charge in [-0.15, -0.1) is 23.5 Å². The average Bonchev–Trinajstić information content (AvgIpc) is 2.81. The van der Waals surface area contributed by atoms with Gasteiger partial charge in [-0.3, -0.25) is 4.79 Å². The first kappa shape index (κ1) is 17.2. The number of hydrogen-bond donors (Lipinski definition) is 2. The molecule has 4 nitrogen and oxygen atoms in total. The van der Waals surface area contributed by atoms with Gasteiger partial charge in [0.2, 0.25) is 5.91 Å². The van der Waals surface area contributed by atoms with Gasteiger partial charge < -0.3 is 5.11 Å². The standard InChI is InChI=1S/C13H14Br2N2O2S2/c1-13(20-2-3-21-13)6-11(18)17-16-7-8-4-9(14)5-10(15)12(8)19/h4-5,7,19H,2-3,6H2,1H3,(H,17,18). The second-order valence-corrected chi connectivity index (χ2v) is 9.85. The number of carbonyl (C=O) groups excluding carboxylic acids is 1. The van der Waals surface area contributed by atoms with Gasteiger partial charge >= 0.3 is 0 Å². The minimum absolute atomic E-state index is 0.0550. The first-order chi connectivity index (χ1) is 9.89. The molecule has 0 aliphatic carbocycles. The molecule has 0 unspecified atom stereocenters. The number of carbonyl (C=O) groups is 1. The topological polar surface area (TPSA) is 61.7 Å². The van der Waals surface area contributed by atoms with Gasteiger partial charge in [-0.1, -0.05) is 15.9 Å². The molecule has 0 aromatic heterocycles. The number of halogens is 2. The number of phenolic OH excluding ortho intramolecular Hbond substituents is 1. The van der Waals surface area contributed by atoms with Gasteiger partial charge in [-0.25, -0.2) is 5.43 Å². The monoisotopic (exact) mass is 452 g/mol. The zero-order valence-corrected chi connectivity index (χ0v) is 16.0. The van der Waals surface area contributed by atoms with Crippen molar-refractivity contribution >= 4 is 67.5 Å². The molecule has 1 saturated heterocycles. The third-order valence-corrected chi connectivity index (χ3v) is 7.18. The van der Waals surface area contributed by atoms with E-state index in [0.717, 1.165) is 16.0 Å². The maximum Gasteiger partial charge on any atom is 0.242 e. The Kier molecular flexibility index (Phi) is 6.05. The quantitative estimate of drug-likeness (QED) is 0.535. The fourth-order valence-electron chi connectivity index (χ4n) is 1.85. The summed E-state index contributed by atoms with van der Waals surface area (Å²) >= 11 is 10.2. The molecule has 1 heterocycles. The molecule has 1 fully saturated rings. The van der Waals surface area contributed by atoms with E-state index in [4.69, 9.17) is 0 Å². The van der Waals surface area contributed by atoms with Crippen molar-refractivity contribution in [2.75, 3.05) is 11.5 Å². The average molecular weight is 454 g/mol. The van der Waals surface area contributed by atoms with E-state index in [9.17, 15) is 9.90 Å². The smallest absolute Gasteiger partial charge is 0.242 e. The predicted molar refractivity (Wildman–Crippen MR) is 97.2 cm³/mol. The van der Waals surface area contributed by atoms with E-state index in [2.05, 4.69) is 49.3 Å². The number of aromatic hydroxyl groups is 1. The van der Waals surface area contributed by atoms with Crippen LogP contribution < -0.4 is 5.43 Å². The lowest BCUT2D eigenvalue weighted by Gasteiger charge is -2.19. The molecular formula is C13H14Br2N2O2S2. The lowest BCUT2D eigenvalue weighted by Crippen LogP contribution is -2.26. The predicted octanol–water partition coefficient (Wildman–Crippen LogP) is 3.95. The van der Waals surface area contributed by atoms with E-state index in [1.165, 1.54) is 6.21 Å². The Bertz CT molecular complexity index is 576. The highest BCUT2D eigenvalue weighted by molar-refractivity contribution is 9.11. The van der Waals surface area contributed by atoms with Crippen molar-refractivity contribution in [1.29, 1.82) is 0 Å². The van der Waals surface area contributed by atoms with Crippen LogP contribution in [0.4, 0.5) is 0 Å². The first-order valence-corrected chi connectivity index (χ1v) is 9.73. The lowest BCUT2D eigenvalue weighted by molar-refractivity contribution is -0.121. The molecule has 1 aliphatic rings. The number of nitrogens with zero attached hydrogens (tertiary/aromatic N) is 1. The fraction of sp³-hybridized carbons (Fsp3) is 0.385. The van der Waals surface area contributed by atoms with Crippen LogP contribution >= 0.6 is 55.4 Å². The fourth-order valence-corrected chi connectivity index (χ4v) is 5.94. The van der Waals surface area contributed by atoms with Gasteiger partial charge in [0.15, 0.2) is 0 Å². The molecule has 0 atom stereocenters. The van der Waals surface area contributed by atoms with Gasteiger partial charge in [0, 0.05) is 21.5 Å². The molecule has 2 rings (SSSR count). The van der Waals surface area contributed by atoms with E-state index in [0.29, 0.717) is 16.5 Å². The molecule has 1 amide bonds.